The quantitative estimate of drug-likeness (QED) is 0.741. The average Bonchev–Trinajstić information content (AvgIpc) is 2.86. The highest BCUT2D eigenvalue weighted by Crippen LogP contribution is 2.30. The summed E-state index contributed by atoms with van der Waals surface area (Å²) in [6, 6.07) is 11.2. The molecule has 1 N–H and O–H groups in total. The molecule has 0 aliphatic heterocycles. The Morgan fingerprint density at radius 2 is 2.10 bits per heavy atom. The van der Waals surface area contributed by atoms with Crippen LogP contribution >= 0.6 is 0 Å². The summed E-state index contributed by atoms with van der Waals surface area (Å²) in [5.41, 5.74) is 3.36. The first kappa shape index (κ1) is 12.9. The van der Waals surface area contributed by atoms with Gasteiger partial charge in [0, 0.05) is 17.0 Å². The molecule has 102 valence electrons. The van der Waals surface area contributed by atoms with E-state index in [0.29, 0.717) is 5.39 Å². The van der Waals surface area contributed by atoms with Crippen molar-refractivity contribution in [1.82, 2.24) is 9.97 Å². The first-order valence-corrected chi connectivity index (χ1v) is 6.88. The summed E-state index contributed by atoms with van der Waals surface area (Å²) in [4.78, 5) is 7.50. The Hall–Kier alpha value is -2.16. The van der Waals surface area contributed by atoms with Gasteiger partial charge in [-0.25, -0.2) is 9.37 Å². The van der Waals surface area contributed by atoms with Crippen molar-refractivity contribution in [2.75, 3.05) is 0 Å². The summed E-state index contributed by atoms with van der Waals surface area (Å²) in [6.45, 7) is 4.16. The highest BCUT2D eigenvalue weighted by atomic mass is 19.1. The van der Waals surface area contributed by atoms with E-state index in [9.17, 15) is 4.39 Å². The van der Waals surface area contributed by atoms with Crippen LogP contribution in [0.5, 0.6) is 0 Å². The summed E-state index contributed by atoms with van der Waals surface area (Å²) in [5, 5.41) is 1.62. The Kier molecular flexibility index (Phi) is 3.26. The van der Waals surface area contributed by atoms with Gasteiger partial charge in [0.1, 0.15) is 5.82 Å². The molecule has 20 heavy (non-hydrogen) atoms. The van der Waals surface area contributed by atoms with Crippen molar-refractivity contribution in [3.63, 3.8) is 0 Å². The molecule has 0 aliphatic carbocycles. The number of benzene rings is 2. The molecule has 0 saturated carbocycles. The molecule has 1 unspecified atom stereocenters. The number of hydrogen-bond donors (Lipinski definition) is 1. The molecular formula is C17H17FN2. The maximum Gasteiger partial charge on any atom is 0.131 e. The number of nitrogens with zero attached hydrogens (tertiary/aromatic N) is 1. The fourth-order valence-corrected chi connectivity index (χ4v) is 2.81. The summed E-state index contributed by atoms with van der Waals surface area (Å²) < 4.78 is 13.7. The van der Waals surface area contributed by atoms with E-state index in [4.69, 9.17) is 0 Å². The van der Waals surface area contributed by atoms with Gasteiger partial charge in [-0.2, -0.15) is 0 Å². The number of aromatic nitrogens is 2. The lowest BCUT2D eigenvalue weighted by Gasteiger charge is -2.15. The standard InChI is InChI=1S/C17H17FN2/c1-3-14(17-11(2)19-10-20-17)13-7-8-15-12(9-13)5-4-6-16(15)18/h4-10,14H,3H2,1-2H3,(H,19,20). The topological polar surface area (TPSA) is 28.7 Å². The number of aryl methyl sites for hydroxylation is 1. The molecule has 2 aromatic carbocycles. The van der Waals surface area contributed by atoms with Crippen LogP contribution in [0.4, 0.5) is 4.39 Å². The molecule has 0 aliphatic rings. The lowest BCUT2D eigenvalue weighted by atomic mass is 9.90. The van der Waals surface area contributed by atoms with Crippen LogP contribution in [-0.2, 0) is 0 Å². The number of aromatic amines is 1. The van der Waals surface area contributed by atoms with E-state index in [1.807, 2.05) is 25.1 Å². The van der Waals surface area contributed by atoms with Crippen LogP contribution in [0.2, 0.25) is 0 Å². The second-order valence-electron chi connectivity index (χ2n) is 5.08. The van der Waals surface area contributed by atoms with E-state index >= 15 is 0 Å². The van der Waals surface area contributed by atoms with Gasteiger partial charge in [-0.3, -0.25) is 0 Å². The smallest absolute Gasteiger partial charge is 0.131 e. The van der Waals surface area contributed by atoms with Crippen LogP contribution in [0.1, 0.15) is 36.2 Å². The van der Waals surface area contributed by atoms with Gasteiger partial charge < -0.3 is 4.98 Å². The summed E-state index contributed by atoms with van der Waals surface area (Å²) in [7, 11) is 0. The second-order valence-corrected chi connectivity index (χ2v) is 5.08. The first-order valence-electron chi connectivity index (χ1n) is 6.88. The third kappa shape index (κ3) is 2.09. The minimum absolute atomic E-state index is 0.167. The van der Waals surface area contributed by atoms with Crippen LogP contribution in [0, 0.1) is 12.7 Å². The number of imidazole rings is 1. The minimum atomic E-state index is -0.167. The maximum atomic E-state index is 13.7. The average molecular weight is 268 g/mol. The van der Waals surface area contributed by atoms with Crippen LogP contribution in [-0.4, -0.2) is 9.97 Å². The molecule has 0 radical (unpaired) electrons. The van der Waals surface area contributed by atoms with E-state index in [1.54, 1.807) is 12.4 Å². The molecule has 0 bridgehead atoms. The Morgan fingerprint density at radius 3 is 2.80 bits per heavy atom. The lowest BCUT2D eigenvalue weighted by molar-refractivity contribution is 0.640. The number of rotatable bonds is 3. The summed E-state index contributed by atoms with van der Waals surface area (Å²) >= 11 is 0. The monoisotopic (exact) mass is 268 g/mol. The van der Waals surface area contributed by atoms with Crippen molar-refractivity contribution in [2.45, 2.75) is 26.2 Å². The molecule has 1 atom stereocenters. The van der Waals surface area contributed by atoms with Crippen molar-refractivity contribution >= 4 is 10.8 Å². The van der Waals surface area contributed by atoms with Crippen molar-refractivity contribution in [2.24, 2.45) is 0 Å². The Morgan fingerprint density at radius 1 is 1.25 bits per heavy atom. The molecule has 0 fully saturated rings. The Bertz CT molecular complexity index is 746. The number of nitrogens with one attached hydrogen (secondary N) is 1. The lowest BCUT2D eigenvalue weighted by Crippen LogP contribution is -2.02. The Labute approximate surface area is 117 Å². The molecule has 3 rings (SSSR count). The van der Waals surface area contributed by atoms with Gasteiger partial charge in [0.15, 0.2) is 0 Å². The van der Waals surface area contributed by atoms with Crippen LogP contribution < -0.4 is 0 Å². The van der Waals surface area contributed by atoms with Gasteiger partial charge in [0.25, 0.3) is 0 Å². The molecule has 3 heteroatoms. The van der Waals surface area contributed by atoms with Gasteiger partial charge in [-0.15, -0.1) is 0 Å². The molecule has 0 amide bonds. The highest BCUT2D eigenvalue weighted by Gasteiger charge is 2.16. The first-order chi connectivity index (χ1) is 9.70. The number of hydrogen-bond acceptors (Lipinski definition) is 1. The molecule has 2 nitrogen and oxygen atoms in total. The SMILES string of the molecule is CCC(c1ccc2c(F)cccc2c1)c1[nH]cnc1C. The van der Waals surface area contributed by atoms with Gasteiger partial charge in [0.05, 0.1) is 12.0 Å². The molecule has 0 spiro atoms. The van der Waals surface area contributed by atoms with Crippen molar-refractivity contribution in [1.29, 1.82) is 0 Å². The van der Waals surface area contributed by atoms with E-state index in [0.717, 1.165) is 23.2 Å². The molecule has 0 saturated heterocycles. The largest absolute Gasteiger partial charge is 0.348 e. The summed E-state index contributed by atoms with van der Waals surface area (Å²) in [5.74, 6) is 0.102. The zero-order valence-electron chi connectivity index (χ0n) is 11.7. The highest BCUT2D eigenvalue weighted by molar-refractivity contribution is 5.83. The predicted octanol–water partition coefficient (Wildman–Crippen LogP) is 4.55. The minimum Gasteiger partial charge on any atom is -0.348 e. The number of H-pyrrole nitrogens is 1. The van der Waals surface area contributed by atoms with E-state index in [1.165, 1.54) is 11.6 Å². The van der Waals surface area contributed by atoms with Crippen LogP contribution in [0.15, 0.2) is 42.7 Å². The maximum absolute atomic E-state index is 13.7. The van der Waals surface area contributed by atoms with E-state index in [2.05, 4.69) is 23.0 Å². The molecule has 1 aromatic heterocycles. The predicted molar refractivity (Wildman–Crippen MR) is 79.4 cm³/mol. The zero-order chi connectivity index (χ0) is 14.1. The summed E-state index contributed by atoms with van der Waals surface area (Å²) in [6.07, 6.45) is 2.71. The van der Waals surface area contributed by atoms with Crippen LogP contribution in [0.3, 0.4) is 0 Å². The zero-order valence-corrected chi connectivity index (χ0v) is 11.7. The van der Waals surface area contributed by atoms with Crippen LogP contribution in [0.25, 0.3) is 10.8 Å². The van der Waals surface area contributed by atoms with Crippen molar-refractivity contribution in [3.05, 3.63) is 65.5 Å². The van der Waals surface area contributed by atoms with Gasteiger partial charge in [0.2, 0.25) is 0 Å². The third-order valence-corrected chi connectivity index (χ3v) is 3.88. The number of fused-ring (bicyclic) bond motifs is 1. The third-order valence-electron chi connectivity index (χ3n) is 3.88. The van der Waals surface area contributed by atoms with E-state index < -0.39 is 0 Å². The molecule has 1 heterocycles. The van der Waals surface area contributed by atoms with E-state index in [-0.39, 0.29) is 11.7 Å². The fraction of sp³-hybridized carbons (Fsp3) is 0.235. The normalized spacial score (nSPS) is 12.8. The van der Waals surface area contributed by atoms with Gasteiger partial charge >= 0.3 is 0 Å². The van der Waals surface area contributed by atoms with Crippen molar-refractivity contribution < 1.29 is 4.39 Å². The van der Waals surface area contributed by atoms with Crippen molar-refractivity contribution in [3.8, 4) is 0 Å². The fourth-order valence-electron chi connectivity index (χ4n) is 2.81. The molecule has 3 aromatic rings. The second kappa shape index (κ2) is 5.08. The van der Waals surface area contributed by atoms with Gasteiger partial charge in [-0.1, -0.05) is 37.3 Å². The Balaban J connectivity index is 2.11. The molecular weight excluding hydrogens is 251 g/mol. The van der Waals surface area contributed by atoms with Gasteiger partial charge in [-0.05, 0) is 30.4 Å². The number of halogens is 1.